The van der Waals surface area contributed by atoms with E-state index in [4.69, 9.17) is 21.1 Å². The number of carbonyl (C=O) groups excluding carboxylic acids is 1. The van der Waals surface area contributed by atoms with E-state index in [-0.39, 0.29) is 11.7 Å². The van der Waals surface area contributed by atoms with Gasteiger partial charge in [0.25, 0.3) is 0 Å². The average molecular weight is 367 g/mol. The van der Waals surface area contributed by atoms with Crippen molar-refractivity contribution in [3.63, 3.8) is 0 Å². The van der Waals surface area contributed by atoms with Crippen LogP contribution in [0.25, 0.3) is 0 Å². The Kier molecular flexibility index (Phi) is 5.26. The fourth-order valence-electron chi connectivity index (χ4n) is 3.58. The average Bonchev–Trinajstić information content (AvgIpc) is 2.56. The molecule has 0 radical (unpaired) electrons. The van der Waals surface area contributed by atoms with Gasteiger partial charge in [0, 0.05) is 25.2 Å². The third-order valence-corrected chi connectivity index (χ3v) is 5.31. The normalized spacial score (nSPS) is 23.5. The second-order valence-corrected chi connectivity index (χ2v) is 8.50. The van der Waals surface area contributed by atoms with E-state index in [1.165, 1.54) is 5.56 Å². The van der Waals surface area contributed by atoms with Gasteiger partial charge in [-0.1, -0.05) is 17.7 Å². The molecule has 0 saturated carbocycles. The minimum Gasteiger partial charge on any atom is -0.444 e. The summed E-state index contributed by atoms with van der Waals surface area (Å²) in [5.74, 6) is 0.374. The molecule has 0 N–H and O–H groups in total. The second kappa shape index (κ2) is 7.12. The van der Waals surface area contributed by atoms with Crippen LogP contribution in [-0.4, -0.2) is 46.9 Å². The zero-order valence-electron chi connectivity index (χ0n) is 15.3. The molecular formula is C19H27ClN2O3. The molecule has 0 aromatic carbocycles. The number of pyridine rings is 1. The summed E-state index contributed by atoms with van der Waals surface area (Å²) < 4.78 is 11.8. The lowest BCUT2D eigenvalue weighted by Gasteiger charge is -2.45. The topological polar surface area (TPSA) is 51.7 Å². The van der Waals surface area contributed by atoms with Crippen LogP contribution in [-0.2, 0) is 9.47 Å². The molecule has 2 aliphatic rings. The molecule has 3 rings (SSSR count). The van der Waals surface area contributed by atoms with E-state index in [2.05, 4.69) is 4.98 Å². The Morgan fingerprint density at radius 1 is 1.32 bits per heavy atom. The Morgan fingerprint density at radius 3 is 2.56 bits per heavy atom. The SMILES string of the molecule is CC(C)(C)OC(=O)N1CCC2(CCC(c3ccc(Cl)nc3)CO2)CC1. The number of hydrogen-bond donors (Lipinski definition) is 0. The summed E-state index contributed by atoms with van der Waals surface area (Å²) in [4.78, 5) is 18.2. The maximum Gasteiger partial charge on any atom is 0.410 e. The predicted molar refractivity (Wildman–Crippen MR) is 96.9 cm³/mol. The molecule has 6 heteroatoms. The number of amides is 1. The highest BCUT2D eigenvalue weighted by Gasteiger charge is 2.41. The van der Waals surface area contributed by atoms with Crippen LogP contribution < -0.4 is 0 Å². The summed E-state index contributed by atoms with van der Waals surface area (Å²) in [5, 5.41) is 0.520. The molecule has 2 fully saturated rings. The van der Waals surface area contributed by atoms with Gasteiger partial charge in [-0.25, -0.2) is 9.78 Å². The predicted octanol–water partition coefficient (Wildman–Crippen LogP) is 4.40. The summed E-state index contributed by atoms with van der Waals surface area (Å²) >= 11 is 5.86. The second-order valence-electron chi connectivity index (χ2n) is 8.11. The molecule has 3 heterocycles. The maximum atomic E-state index is 12.2. The third-order valence-electron chi connectivity index (χ3n) is 5.09. The van der Waals surface area contributed by atoms with Crippen molar-refractivity contribution in [1.82, 2.24) is 9.88 Å². The molecule has 1 amide bonds. The molecule has 138 valence electrons. The minimum atomic E-state index is -0.451. The molecule has 5 nitrogen and oxygen atoms in total. The zero-order valence-corrected chi connectivity index (χ0v) is 16.0. The van der Waals surface area contributed by atoms with Gasteiger partial charge in [-0.3, -0.25) is 0 Å². The summed E-state index contributed by atoms with van der Waals surface area (Å²) in [7, 11) is 0. The molecule has 0 aliphatic carbocycles. The van der Waals surface area contributed by atoms with Crippen LogP contribution in [0.15, 0.2) is 18.3 Å². The van der Waals surface area contributed by atoms with Crippen LogP contribution in [0.5, 0.6) is 0 Å². The van der Waals surface area contributed by atoms with Crippen molar-refractivity contribution in [3.05, 3.63) is 29.0 Å². The number of piperidine rings is 1. The Balaban J connectivity index is 1.51. The van der Waals surface area contributed by atoms with E-state index in [0.29, 0.717) is 30.8 Å². The van der Waals surface area contributed by atoms with Gasteiger partial charge < -0.3 is 14.4 Å². The Morgan fingerprint density at radius 2 is 2.04 bits per heavy atom. The number of rotatable bonds is 1. The van der Waals surface area contributed by atoms with Crippen molar-refractivity contribution < 1.29 is 14.3 Å². The first-order chi connectivity index (χ1) is 11.8. The van der Waals surface area contributed by atoms with Crippen LogP contribution in [0.3, 0.4) is 0 Å². The first kappa shape index (κ1) is 18.5. The van der Waals surface area contributed by atoms with Gasteiger partial charge in [-0.05, 0) is 58.1 Å². The lowest BCUT2D eigenvalue weighted by atomic mass is 9.80. The number of ether oxygens (including phenoxy) is 2. The molecule has 25 heavy (non-hydrogen) atoms. The summed E-state index contributed by atoms with van der Waals surface area (Å²) in [6, 6.07) is 3.87. The highest BCUT2D eigenvalue weighted by Crippen LogP contribution is 2.40. The van der Waals surface area contributed by atoms with Crippen LogP contribution in [0.2, 0.25) is 5.15 Å². The maximum absolute atomic E-state index is 12.2. The van der Waals surface area contributed by atoms with Crippen molar-refractivity contribution >= 4 is 17.7 Å². The van der Waals surface area contributed by atoms with E-state index < -0.39 is 5.60 Å². The first-order valence-corrected chi connectivity index (χ1v) is 9.38. The molecule has 2 saturated heterocycles. The highest BCUT2D eigenvalue weighted by molar-refractivity contribution is 6.29. The Hall–Kier alpha value is -1.33. The van der Waals surface area contributed by atoms with Gasteiger partial charge in [0.2, 0.25) is 0 Å². The standard InChI is InChI=1S/C19H27ClN2O3/c1-18(2,3)25-17(23)22-10-8-19(9-11-22)7-6-15(13-24-19)14-4-5-16(20)21-12-14/h4-5,12,15H,6-11,13H2,1-3H3. The van der Waals surface area contributed by atoms with Crippen LogP contribution >= 0.6 is 11.6 Å². The Bertz CT molecular complexity index is 594. The molecule has 1 unspecified atom stereocenters. The monoisotopic (exact) mass is 366 g/mol. The van der Waals surface area contributed by atoms with Crippen molar-refractivity contribution in [2.75, 3.05) is 19.7 Å². The quantitative estimate of drug-likeness (QED) is 0.691. The number of likely N-dealkylation sites (tertiary alicyclic amines) is 1. The van der Waals surface area contributed by atoms with Crippen molar-refractivity contribution in [2.24, 2.45) is 0 Å². The Labute approximate surface area is 154 Å². The van der Waals surface area contributed by atoms with E-state index >= 15 is 0 Å². The van der Waals surface area contributed by atoms with E-state index in [1.54, 1.807) is 4.90 Å². The van der Waals surface area contributed by atoms with E-state index in [1.807, 2.05) is 39.1 Å². The first-order valence-electron chi connectivity index (χ1n) is 9.00. The van der Waals surface area contributed by atoms with Gasteiger partial charge in [0.05, 0.1) is 12.2 Å². The van der Waals surface area contributed by atoms with Crippen LogP contribution in [0.1, 0.15) is 57.9 Å². The number of hydrogen-bond acceptors (Lipinski definition) is 4. The van der Waals surface area contributed by atoms with E-state index in [0.717, 1.165) is 25.7 Å². The van der Waals surface area contributed by atoms with Gasteiger partial charge in [0.1, 0.15) is 10.8 Å². The molecule has 0 bridgehead atoms. The molecule has 1 aromatic heterocycles. The van der Waals surface area contributed by atoms with E-state index in [9.17, 15) is 4.79 Å². The molecule has 1 atom stereocenters. The van der Waals surface area contributed by atoms with Crippen LogP contribution in [0, 0.1) is 0 Å². The fourth-order valence-corrected chi connectivity index (χ4v) is 3.69. The van der Waals surface area contributed by atoms with Crippen molar-refractivity contribution in [1.29, 1.82) is 0 Å². The van der Waals surface area contributed by atoms with Gasteiger partial charge in [-0.2, -0.15) is 0 Å². The van der Waals surface area contributed by atoms with Crippen molar-refractivity contribution in [2.45, 2.75) is 63.6 Å². The third kappa shape index (κ3) is 4.64. The summed E-state index contributed by atoms with van der Waals surface area (Å²) in [6.07, 6.45) is 5.47. The van der Waals surface area contributed by atoms with Crippen LogP contribution in [0.4, 0.5) is 4.79 Å². The minimum absolute atomic E-state index is 0.0884. The lowest BCUT2D eigenvalue weighted by Crippen LogP contribution is -2.51. The van der Waals surface area contributed by atoms with Gasteiger partial charge in [0.15, 0.2) is 0 Å². The number of halogens is 1. The number of carbonyl (C=O) groups is 1. The smallest absolute Gasteiger partial charge is 0.410 e. The molecule has 2 aliphatic heterocycles. The lowest BCUT2D eigenvalue weighted by molar-refractivity contribution is -0.117. The fraction of sp³-hybridized carbons (Fsp3) is 0.684. The van der Waals surface area contributed by atoms with Crippen molar-refractivity contribution in [3.8, 4) is 0 Å². The zero-order chi connectivity index (χ0) is 18.1. The number of aromatic nitrogens is 1. The summed E-state index contributed by atoms with van der Waals surface area (Å²) in [5.41, 5.74) is 0.646. The highest BCUT2D eigenvalue weighted by atomic mass is 35.5. The van der Waals surface area contributed by atoms with Gasteiger partial charge in [-0.15, -0.1) is 0 Å². The molecular weight excluding hydrogens is 340 g/mol. The largest absolute Gasteiger partial charge is 0.444 e. The number of nitrogens with zero attached hydrogens (tertiary/aromatic N) is 2. The molecule has 1 aromatic rings. The van der Waals surface area contributed by atoms with Gasteiger partial charge >= 0.3 is 6.09 Å². The summed E-state index contributed by atoms with van der Waals surface area (Å²) in [6.45, 7) is 7.78. The molecule has 1 spiro atoms.